The number of nitrogens with zero attached hydrogens (tertiary/aromatic N) is 2. The van der Waals surface area contributed by atoms with Crippen molar-refractivity contribution in [1.82, 2.24) is 4.98 Å². The summed E-state index contributed by atoms with van der Waals surface area (Å²) in [5.74, 6) is -0.215. The minimum atomic E-state index is -0.513. The van der Waals surface area contributed by atoms with Gasteiger partial charge in [0.15, 0.2) is 5.69 Å². The van der Waals surface area contributed by atoms with Crippen LogP contribution >= 0.6 is 0 Å². The van der Waals surface area contributed by atoms with Crippen LogP contribution in [-0.4, -0.2) is 24.2 Å². The third-order valence-corrected chi connectivity index (χ3v) is 5.11. The van der Waals surface area contributed by atoms with Gasteiger partial charge in [0.2, 0.25) is 5.88 Å². The monoisotopic (exact) mass is 432 g/mol. The van der Waals surface area contributed by atoms with Crippen LogP contribution < -0.4 is 9.47 Å². The second kappa shape index (κ2) is 9.48. The highest BCUT2D eigenvalue weighted by Crippen LogP contribution is 2.32. The van der Waals surface area contributed by atoms with Gasteiger partial charge in [-0.05, 0) is 36.2 Å². The van der Waals surface area contributed by atoms with E-state index < -0.39 is 11.8 Å². The summed E-state index contributed by atoms with van der Waals surface area (Å²) in [6.45, 7) is 9.79. The molecule has 0 fully saturated rings. The normalized spacial score (nSPS) is 12.5. The van der Waals surface area contributed by atoms with Crippen LogP contribution in [0.2, 0.25) is 0 Å². The molecule has 1 aromatic heterocycles. The Bertz CT molecular complexity index is 1200. The number of carbonyl (C=O) groups is 1. The molecule has 0 aliphatic carbocycles. The van der Waals surface area contributed by atoms with Crippen LogP contribution in [0.3, 0.4) is 0 Å². The van der Waals surface area contributed by atoms with E-state index in [1.54, 1.807) is 37.3 Å². The highest BCUT2D eigenvalue weighted by atomic mass is 19.1. The second-order valence-corrected chi connectivity index (χ2v) is 7.23. The van der Waals surface area contributed by atoms with Crippen molar-refractivity contribution in [2.24, 2.45) is 0 Å². The molecule has 0 saturated heterocycles. The summed E-state index contributed by atoms with van der Waals surface area (Å²) in [4.78, 5) is 20.0. The van der Waals surface area contributed by atoms with Gasteiger partial charge in [-0.2, -0.15) is 0 Å². The van der Waals surface area contributed by atoms with Crippen molar-refractivity contribution in [2.75, 3.05) is 13.2 Å². The first kappa shape index (κ1) is 21.3. The van der Waals surface area contributed by atoms with Crippen LogP contribution in [0.5, 0.6) is 11.6 Å². The molecule has 6 nitrogen and oxygen atoms in total. The maximum absolute atomic E-state index is 15.0. The summed E-state index contributed by atoms with van der Waals surface area (Å²) in [5.41, 5.74) is 3.42. The molecule has 0 amide bonds. The molecule has 0 radical (unpaired) electrons. The summed E-state index contributed by atoms with van der Waals surface area (Å²) in [6, 6.07) is 13.4. The van der Waals surface area contributed by atoms with Gasteiger partial charge in [0.1, 0.15) is 18.2 Å². The lowest BCUT2D eigenvalue weighted by Gasteiger charge is -2.15. The Kier molecular flexibility index (Phi) is 6.31. The smallest absolute Gasteiger partial charge is 0.310 e. The number of hydrogen-bond acceptors (Lipinski definition) is 5. The first-order chi connectivity index (χ1) is 15.6. The number of benzene rings is 2. The third kappa shape index (κ3) is 4.70. The van der Waals surface area contributed by atoms with Crippen LogP contribution in [-0.2, 0) is 29.0 Å². The average Bonchev–Trinajstić information content (AvgIpc) is 2.80. The van der Waals surface area contributed by atoms with Crippen LogP contribution in [0.4, 0.5) is 10.1 Å². The number of halogens is 1. The molecule has 4 rings (SSSR count). The van der Waals surface area contributed by atoms with Gasteiger partial charge < -0.3 is 14.2 Å². The van der Waals surface area contributed by atoms with Gasteiger partial charge in [0, 0.05) is 23.6 Å². The van der Waals surface area contributed by atoms with Crippen molar-refractivity contribution < 1.29 is 23.4 Å². The maximum Gasteiger partial charge on any atom is 0.310 e. The van der Waals surface area contributed by atoms with Crippen LogP contribution in [0, 0.1) is 12.4 Å². The Morgan fingerprint density at radius 3 is 2.88 bits per heavy atom. The zero-order valence-electron chi connectivity index (χ0n) is 17.6. The van der Waals surface area contributed by atoms with Gasteiger partial charge in [0.05, 0.1) is 31.9 Å². The molecule has 162 valence electrons. The SMILES string of the molecule is [C-]#[N+]c1ccc2c(c1)CCOc1cc(c(F)cc1CC(=O)OCC)-c1cccc(n1)OC2. The van der Waals surface area contributed by atoms with Gasteiger partial charge in [-0.3, -0.25) is 4.79 Å². The lowest BCUT2D eigenvalue weighted by Crippen LogP contribution is -2.11. The molecule has 2 aromatic carbocycles. The second-order valence-electron chi connectivity index (χ2n) is 7.23. The van der Waals surface area contributed by atoms with Gasteiger partial charge in [-0.15, -0.1) is 0 Å². The highest BCUT2D eigenvalue weighted by molar-refractivity contribution is 5.75. The Labute approximate surface area is 185 Å². The molecular weight excluding hydrogens is 411 g/mol. The Hall–Kier alpha value is -3.92. The van der Waals surface area contributed by atoms with E-state index in [0.717, 1.165) is 11.1 Å². The Morgan fingerprint density at radius 1 is 1.19 bits per heavy atom. The fourth-order valence-corrected chi connectivity index (χ4v) is 3.55. The molecule has 0 atom stereocenters. The molecule has 0 saturated carbocycles. The summed E-state index contributed by atoms with van der Waals surface area (Å²) in [7, 11) is 0. The standard InChI is InChI=1S/C25H21FN2O4/c1-3-30-25(29)13-18-12-21(26)20-14-23(18)31-10-9-16-11-19(27-2)8-7-17(16)15-32-24-6-4-5-22(20)28-24/h4-8,11-12,14H,3,9-10,13,15H2,1H3. The summed E-state index contributed by atoms with van der Waals surface area (Å²) < 4.78 is 31.9. The quantitative estimate of drug-likeness (QED) is 0.428. The van der Waals surface area contributed by atoms with Crippen molar-refractivity contribution in [3.63, 3.8) is 0 Å². The van der Waals surface area contributed by atoms with E-state index in [9.17, 15) is 9.18 Å². The van der Waals surface area contributed by atoms with Gasteiger partial charge >= 0.3 is 5.97 Å². The van der Waals surface area contributed by atoms with Crippen molar-refractivity contribution in [1.29, 1.82) is 0 Å². The minimum absolute atomic E-state index is 0.102. The maximum atomic E-state index is 15.0. The molecule has 0 unspecified atom stereocenters. The molecule has 0 N–H and O–H groups in total. The molecule has 1 aliphatic heterocycles. The van der Waals surface area contributed by atoms with E-state index in [-0.39, 0.29) is 31.8 Å². The molecule has 3 aromatic rings. The number of aromatic nitrogens is 1. The average molecular weight is 432 g/mol. The van der Waals surface area contributed by atoms with E-state index in [2.05, 4.69) is 9.83 Å². The predicted octanol–water partition coefficient (Wildman–Crippen LogP) is 5.06. The highest BCUT2D eigenvalue weighted by Gasteiger charge is 2.18. The number of ether oxygens (including phenoxy) is 3. The van der Waals surface area contributed by atoms with E-state index in [4.69, 9.17) is 20.8 Å². The minimum Gasteiger partial charge on any atom is -0.493 e. The van der Waals surface area contributed by atoms with Crippen LogP contribution in [0.1, 0.15) is 23.6 Å². The predicted molar refractivity (Wildman–Crippen MR) is 116 cm³/mol. The summed E-state index contributed by atoms with van der Waals surface area (Å²) in [5, 5.41) is 0. The molecule has 2 heterocycles. The summed E-state index contributed by atoms with van der Waals surface area (Å²) >= 11 is 0. The van der Waals surface area contributed by atoms with Gasteiger partial charge in [0.25, 0.3) is 0 Å². The number of rotatable bonds is 3. The molecule has 32 heavy (non-hydrogen) atoms. The topological polar surface area (TPSA) is 62.0 Å². The van der Waals surface area contributed by atoms with Crippen molar-refractivity contribution >= 4 is 11.7 Å². The lowest BCUT2D eigenvalue weighted by atomic mass is 10.0. The van der Waals surface area contributed by atoms with E-state index in [1.807, 2.05) is 12.1 Å². The third-order valence-electron chi connectivity index (χ3n) is 5.11. The number of pyridine rings is 1. The van der Waals surface area contributed by atoms with Crippen molar-refractivity contribution in [3.05, 3.63) is 82.5 Å². The Morgan fingerprint density at radius 2 is 2.06 bits per heavy atom. The molecule has 4 bridgehead atoms. The van der Waals surface area contributed by atoms with Crippen LogP contribution in [0.15, 0.2) is 48.5 Å². The molecule has 0 spiro atoms. The van der Waals surface area contributed by atoms with E-state index in [0.29, 0.717) is 35.0 Å². The molecular formula is C25H21FN2O4. The van der Waals surface area contributed by atoms with Crippen LogP contribution in [0.25, 0.3) is 16.1 Å². The first-order valence-corrected chi connectivity index (χ1v) is 10.3. The fourth-order valence-electron chi connectivity index (χ4n) is 3.55. The first-order valence-electron chi connectivity index (χ1n) is 10.3. The zero-order chi connectivity index (χ0) is 22.5. The molecule has 7 heteroatoms. The number of fused-ring (bicyclic) bond motifs is 6. The lowest BCUT2D eigenvalue weighted by molar-refractivity contribution is -0.142. The molecule has 1 aliphatic rings. The van der Waals surface area contributed by atoms with Crippen molar-refractivity contribution in [2.45, 2.75) is 26.4 Å². The summed E-state index contributed by atoms with van der Waals surface area (Å²) in [6.07, 6.45) is 0.411. The van der Waals surface area contributed by atoms with Gasteiger partial charge in [-0.1, -0.05) is 24.3 Å². The largest absolute Gasteiger partial charge is 0.493 e. The fraction of sp³-hybridized carbons (Fsp3) is 0.240. The number of hydrogen-bond donors (Lipinski definition) is 0. The zero-order valence-corrected chi connectivity index (χ0v) is 17.6. The Balaban J connectivity index is 1.77. The number of esters is 1. The van der Waals surface area contributed by atoms with Gasteiger partial charge in [-0.25, -0.2) is 14.2 Å². The van der Waals surface area contributed by atoms with E-state index >= 15 is 0 Å². The van der Waals surface area contributed by atoms with E-state index in [1.165, 1.54) is 6.07 Å². The van der Waals surface area contributed by atoms with Crippen molar-refractivity contribution in [3.8, 4) is 22.9 Å². The number of carbonyl (C=O) groups excluding carboxylic acids is 1.